The van der Waals surface area contributed by atoms with Crippen LogP contribution in [0, 0.1) is 6.92 Å². The zero-order chi connectivity index (χ0) is 19.3. The van der Waals surface area contributed by atoms with Crippen molar-refractivity contribution in [3.63, 3.8) is 0 Å². The van der Waals surface area contributed by atoms with Gasteiger partial charge in [0.2, 0.25) is 10.0 Å². The van der Waals surface area contributed by atoms with Crippen molar-refractivity contribution in [1.82, 2.24) is 4.72 Å². The summed E-state index contributed by atoms with van der Waals surface area (Å²) >= 11 is 3.41. The van der Waals surface area contributed by atoms with E-state index in [4.69, 9.17) is 4.74 Å². The third-order valence-electron chi connectivity index (χ3n) is 3.63. The lowest BCUT2D eigenvalue weighted by Gasteiger charge is -2.13. The number of anilines is 1. The number of benzene rings is 2. The first-order valence-corrected chi connectivity index (χ1v) is 10.3. The van der Waals surface area contributed by atoms with Gasteiger partial charge in [-0.15, -0.1) is 0 Å². The molecule has 0 aliphatic carbocycles. The molecule has 2 aromatic carbocycles. The van der Waals surface area contributed by atoms with Crippen LogP contribution in [0.5, 0.6) is 5.75 Å². The lowest BCUT2D eigenvalue weighted by Crippen LogP contribution is -2.25. The largest absolute Gasteiger partial charge is 0.495 e. The molecule has 0 aliphatic heterocycles. The summed E-state index contributed by atoms with van der Waals surface area (Å²) in [7, 11) is -2.39. The van der Waals surface area contributed by atoms with Crippen molar-refractivity contribution < 1.29 is 17.9 Å². The number of hydrogen-bond acceptors (Lipinski definition) is 4. The monoisotopic (exact) mass is 440 g/mol. The van der Waals surface area contributed by atoms with Crippen LogP contribution in [0.1, 0.15) is 29.3 Å². The molecule has 6 nitrogen and oxygen atoms in total. The van der Waals surface area contributed by atoms with Crippen molar-refractivity contribution in [1.29, 1.82) is 0 Å². The fourth-order valence-electron chi connectivity index (χ4n) is 2.26. The number of ether oxygens (including phenoxy) is 1. The van der Waals surface area contributed by atoms with E-state index in [1.165, 1.54) is 25.3 Å². The highest BCUT2D eigenvalue weighted by Crippen LogP contribution is 2.27. The van der Waals surface area contributed by atoms with Gasteiger partial charge in [0, 0.05) is 16.6 Å². The number of halogens is 1. The summed E-state index contributed by atoms with van der Waals surface area (Å²) in [4.78, 5) is 12.5. The molecule has 2 rings (SSSR count). The van der Waals surface area contributed by atoms with E-state index in [0.29, 0.717) is 18.7 Å². The average molecular weight is 441 g/mol. The molecule has 0 unspecified atom stereocenters. The Morgan fingerprint density at radius 1 is 1.19 bits per heavy atom. The quantitative estimate of drug-likeness (QED) is 0.686. The molecule has 8 heteroatoms. The molecule has 2 N–H and O–H groups in total. The minimum absolute atomic E-state index is 0.0657. The third-order valence-corrected chi connectivity index (χ3v) is 5.77. The Labute approximate surface area is 162 Å². The van der Waals surface area contributed by atoms with Crippen LogP contribution >= 0.6 is 15.9 Å². The Bertz CT molecular complexity index is 913. The van der Waals surface area contributed by atoms with E-state index in [1.807, 2.05) is 26.0 Å². The van der Waals surface area contributed by atoms with Crippen LogP contribution in [0.15, 0.2) is 45.8 Å². The van der Waals surface area contributed by atoms with Gasteiger partial charge in [-0.2, -0.15) is 0 Å². The fraction of sp³-hybridized carbons (Fsp3) is 0.278. The maximum atomic E-state index is 12.6. The van der Waals surface area contributed by atoms with Crippen LogP contribution < -0.4 is 14.8 Å². The molecule has 0 aromatic heterocycles. The van der Waals surface area contributed by atoms with Gasteiger partial charge >= 0.3 is 0 Å². The smallest absolute Gasteiger partial charge is 0.255 e. The molecule has 26 heavy (non-hydrogen) atoms. The highest BCUT2D eigenvalue weighted by atomic mass is 79.9. The maximum Gasteiger partial charge on any atom is 0.255 e. The number of sulfonamides is 1. The van der Waals surface area contributed by atoms with Gasteiger partial charge < -0.3 is 10.1 Å². The summed E-state index contributed by atoms with van der Waals surface area (Å²) in [6.07, 6.45) is 0.656. The zero-order valence-electron chi connectivity index (χ0n) is 14.8. The summed E-state index contributed by atoms with van der Waals surface area (Å²) in [5.74, 6) is -0.231. The second-order valence-electron chi connectivity index (χ2n) is 5.70. The number of amides is 1. The summed E-state index contributed by atoms with van der Waals surface area (Å²) < 4.78 is 33.3. The minimum Gasteiger partial charge on any atom is -0.495 e. The van der Waals surface area contributed by atoms with Crippen LogP contribution in [0.2, 0.25) is 0 Å². The summed E-state index contributed by atoms with van der Waals surface area (Å²) in [5, 5.41) is 2.77. The number of carbonyl (C=O) groups is 1. The molecule has 0 atom stereocenters. The molecule has 0 fully saturated rings. The number of rotatable bonds is 7. The number of nitrogens with one attached hydrogen (secondary N) is 2. The highest BCUT2D eigenvalue weighted by molar-refractivity contribution is 9.10. The molecule has 0 spiro atoms. The molecular formula is C18H21BrN2O4S. The van der Waals surface area contributed by atoms with Gasteiger partial charge in [0.15, 0.2) is 0 Å². The van der Waals surface area contributed by atoms with Crippen molar-refractivity contribution in [2.75, 3.05) is 19.0 Å². The van der Waals surface area contributed by atoms with Crippen LogP contribution in [0.3, 0.4) is 0 Å². The van der Waals surface area contributed by atoms with E-state index < -0.39 is 15.9 Å². The van der Waals surface area contributed by atoms with E-state index in [9.17, 15) is 13.2 Å². The SMILES string of the molecule is CCCNS(=O)(=O)c1cc(C(=O)Nc2ccc(C)cc2Br)ccc1OC. The van der Waals surface area contributed by atoms with Gasteiger partial charge in [0.05, 0.1) is 12.8 Å². The Morgan fingerprint density at radius 2 is 1.92 bits per heavy atom. The van der Waals surface area contributed by atoms with Gasteiger partial charge in [-0.05, 0) is 65.2 Å². The predicted octanol–water partition coefficient (Wildman–Crippen LogP) is 3.71. The summed E-state index contributed by atoms with van der Waals surface area (Å²) in [6, 6.07) is 9.84. The Morgan fingerprint density at radius 3 is 2.54 bits per heavy atom. The van der Waals surface area contributed by atoms with Crippen molar-refractivity contribution >= 4 is 37.5 Å². The Balaban J connectivity index is 2.35. The van der Waals surface area contributed by atoms with Crippen LogP contribution in [-0.4, -0.2) is 28.0 Å². The average Bonchev–Trinajstić information content (AvgIpc) is 2.61. The van der Waals surface area contributed by atoms with E-state index in [-0.39, 0.29) is 16.2 Å². The number of hydrogen-bond donors (Lipinski definition) is 2. The lowest BCUT2D eigenvalue weighted by atomic mass is 10.2. The van der Waals surface area contributed by atoms with E-state index >= 15 is 0 Å². The number of methoxy groups -OCH3 is 1. The van der Waals surface area contributed by atoms with Gasteiger partial charge in [0.25, 0.3) is 5.91 Å². The Hall–Kier alpha value is -1.90. The minimum atomic E-state index is -3.77. The Kier molecular flexibility index (Phi) is 6.80. The first-order valence-electron chi connectivity index (χ1n) is 8.03. The standard InChI is InChI=1S/C18H21BrN2O4S/c1-4-9-20-26(23,24)17-11-13(6-8-16(17)25-3)18(22)21-15-7-5-12(2)10-14(15)19/h5-8,10-11,20H,4,9H2,1-3H3,(H,21,22). The molecule has 0 saturated heterocycles. The van der Waals surface area contributed by atoms with Crippen LogP contribution in [-0.2, 0) is 10.0 Å². The van der Waals surface area contributed by atoms with Gasteiger partial charge in [-0.25, -0.2) is 13.1 Å². The second-order valence-corrected chi connectivity index (χ2v) is 8.29. The third kappa shape index (κ3) is 4.84. The topological polar surface area (TPSA) is 84.5 Å². The molecule has 2 aromatic rings. The number of aryl methyl sites for hydroxylation is 1. The van der Waals surface area contributed by atoms with E-state index in [2.05, 4.69) is 26.0 Å². The van der Waals surface area contributed by atoms with Gasteiger partial charge in [-0.3, -0.25) is 4.79 Å². The molecule has 1 amide bonds. The van der Waals surface area contributed by atoms with Crippen molar-refractivity contribution in [3.05, 3.63) is 52.0 Å². The normalized spacial score (nSPS) is 11.2. The second kappa shape index (κ2) is 8.66. The van der Waals surface area contributed by atoms with Crippen molar-refractivity contribution in [2.24, 2.45) is 0 Å². The van der Waals surface area contributed by atoms with E-state index in [0.717, 1.165) is 10.0 Å². The van der Waals surface area contributed by atoms with Crippen LogP contribution in [0.4, 0.5) is 5.69 Å². The molecule has 0 bridgehead atoms. The maximum absolute atomic E-state index is 12.6. The highest BCUT2D eigenvalue weighted by Gasteiger charge is 2.21. The molecule has 0 heterocycles. The first kappa shape index (κ1) is 20.4. The predicted molar refractivity (Wildman–Crippen MR) is 105 cm³/mol. The van der Waals surface area contributed by atoms with Gasteiger partial charge in [0.1, 0.15) is 10.6 Å². The first-order chi connectivity index (χ1) is 12.3. The molecule has 140 valence electrons. The van der Waals surface area contributed by atoms with Crippen molar-refractivity contribution in [2.45, 2.75) is 25.2 Å². The van der Waals surface area contributed by atoms with Gasteiger partial charge in [-0.1, -0.05) is 13.0 Å². The lowest BCUT2D eigenvalue weighted by molar-refractivity contribution is 0.102. The zero-order valence-corrected chi connectivity index (χ0v) is 17.2. The number of carbonyl (C=O) groups excluding carboxylic acids is 1. The molecular weight excluding hydrogens is 420 g/mol. The fourth-order valence-corrected chi connectivity index (χ4v) is 4.18. The summed E-state index contributed by atoms with van der Waals surface area (Å²) in [5.41, 5.74) is 1.87. The molecule has 0 saturated carbocycles. The van der Waals surface area contributed by atoms with E-state index in [1.54, 1.807) is 6.07 Å². The van der Waals surface area contributed by atoms with Crippen LogP contribution in [0.25, 0.3) is 0 Å². The molecule has 0 aliphatic rings. The van der Waals surface area contributed by atoms with Crippen molar-refractivity contribution in [3.8, 4) is 5.75 Å². The molecule has 0 radical (unpaired) electrons. The summed E-state index contributed by atoms with van der Waals surface area (Å²) in [6.45, 7) is 4.11.